The molecule has 3 unspecified atom stereocenters. The van der Waals surface area contributed by atoms with Crippen molar-refractivity contribution in [2.24, 2.45) is 0 Å². The van der Waals surface area contributed by atoms with Gasteiger partial charge in [0.1, 0.15) is 108 Å². The minimum Gasteiger partial charge on any atom is -1.00 e. The number of likely N-dealkylation sites (N-methyl/N-ethyl adjacent to an activating group) is 4. The highest BCUT2D eigenvalue weighted by Gasteiger charge is 2.34. The minimum atomic E-state index is -4.27. The number of benzene rings is 3. The van der Waals surface area contributed by atoms with E-state index in [0.29, 0.717) is 62.3 Å². The van der Waals surface area contributed by atoms with Gasteiger partial charge in [-0.1, -0.05) is 60.5 Å². The molecular formula is C77H148Cl3N5O22S3. The van der Waals surface area contributed by atoms with Crippen molar-refractivity contribution < 1.29 is 166 Å². The number of aryl methyl sites for hydroxylation is 3. The summed E-state index contributed by atoms with van der Waals surface area (Å²) in [5.41, 5.74) is 2.78. The van der Waals surface area contributed by atoms with Gasteiger partial charge in [-0.25, -0.2) is 29.7 Å². The molecule has 13 N–H and O–H groups in total. The maximum Gasteiger partial charge on any atom is 0.153 e. The zero-order chi connectivity index (χ0) is 82.8. The minimum absolute atomic E-state index is 0. The molecule has 0 amide bonds. The maximum absolute atomic E-state index is 10.7. The van der Waals surface area contributed by atoms with Gasteiger partial charge in [0.25, 0.3) is 0 Å². The van der Waals surface area contributed by atoms with Crippen molar-refractivity contribution in [3.05, 3.63) is 89.5 Å². The van der Waals surface area contributed by atoms with Gasteiger partial charge >= 0.3 is 0 Å². The van der Waals surface area contributed by atoms with Gasteiger partial charge in [-0.3, -0.25) is 0 Å². The molecule has 0 aromatic heterocycles. The zero-order valence-electron chi connectivity index (χ0n) is 62.2. The molecule has 3 aromatic carbocycles. The summed E-state index contributed by atoms with van der Waals surface area (Å²) in [4.78, 5) is 2.49. The Hall–Kier alpha value is -7.30. The summed E-state index contributed by atoms with van der Waals surface area (Å²) in [5, 5.41) is 109. The fraction of sp³-hybridized carbons (Fsp3) is 0.481. The lowest BCUT2D eigenvalue weighted by molar-refractivity contribution is -0.921. The summed E-state index contributed by atoms with van der Waals surface area (Å²) >= 11 is 10.7. The first-order chi connectivity index (χ1) is 51.0. The number of quaternary nitrogens is 4. The van der Waals surface area contributed by atoms with Crippen LogP contribution in [0.25, 0.3) is 0 Å². The second kappa shape index (κ2) is 69.6. The van der Waals surface area contributed by atoms with Crippen LogP contribution in [0.15, 0.2) is 87.5 Å². The van der Waals surface area contributed by atoms with E-state index in [9.17, 15) is 69.6 Å². The van der Waals surface area contributed by atoms with E-state index in [-0.39, 0.29) is 172 Å². The van der Waals surface area contributed by atoms with Gasteiger partial charge in [-0.15, -0.1) is 29.6 Å². The Bertz CT molecular complexity index is 3960. The normalized spacial score (nSPS) is 11.6. The van der Waals surface area contributed by atoms with Crippen LogP contribution in [0.2, 0.25) is 0 Å². The summed E-state index contributed by atoms with van der Waals surface area (Å²) in [5.74, 6) is 50.3. The highest BCUT2D eigenvalue weighted by atomic mass is 35.5. The Morgan fingerprint density at radius 2 is 0.745 bits per heavy atom. The van der Waals surface area contributed by atoms with Crippen LogP contribution < -0.4 is 17.3 Å². The molecule has 3 atom stereocenters. The fourth-order valence-corrected chi connectivity index (χ4v) is 9.55. The number of halogens is 3. The Kier molecular flexibility index (Phi) is 71.9. The summed E-state index contributed by atoms with van der Waals surface area (Å²) < 4.78 is 98.8. The smallest absolute Gasteiger partial charge is 0.153 e. The van der Waals surface area contributed by atoms with Crippen LogP contribution >= 0.6 is 23.2 Å². The summed E-state index contributed by atoms with van der Waals surface area (Å²) in [6, 6.07) is 20.3. The van der Waals surface area contributed by atoms with Crippen molar-refractivity contribution in [3.63, 3.8) is 0 Å². The number of alkyl halides is 2. The monoisotopic (exact) mass is 1700 g/mol. The Balaban J connectivity index is -0.0000000405. The number of hydrogen-bond donors (Lipinski definition) is 13. The molecule has 4 rings (SSSR count). The van der Waals surface area contributed by atoms with Gasteiger partial charge in [0, 0.05) is 108 Å². The highest BCUT2D eigenvalue weighted by Crippen LogP contribution is 2.14. The van der Waals surface area contributed by atoms with E-state index < -0.39 is 42.6 Å². The van der Waals surface area contributed by atoms with Gasteiger partial charge in [0.2, 0.25) is 0 Å². The average Bonchev–Trinajstić information content (AvgIpc) is 1.69. The molecule has 1 heterocycles. The fourth-order valence-electron chi connectivity index (χ4n) is 7.86. The third kappa shape index (κ3) is 67.6. The van der Waals surface area contributed by atoms with Gasteiger partial charge < -0.3 is 111 Å². The molecule has 27 nitrogen and oxygen atoms in total. The number of terminal acetylenes is 1. The second-order valence-corrected chi connectivity index (χ2v) is 28.0. The molecule has 0 aliphatic carbocycles. The van der Waals surface area contributed by atoms with Gasteiger partial charge in [0.05, 0.1) is 132 Å². The van der Waals surface area contributed by atoms with Crippen molar-refractivity contribution in [2.45, 2.75) is 61.2 Å². The topological polar surface area (TPSA) is 435 Å². The van der Waals surface area contributed by atoms with Crippen LogP contribution in [0.5, 0.6) is 0 Å². The van der Waals surface area contributed by atoms with Crippen LogP contribution in [-0.2, 0) is 35.1 Å². The molecule has 110 heavy (non-hydrogen) atoms. The highest BCUT2D eigenvalue weighted by molar-refractivity contribution is 7.86. The van der Waals surface area contributed by atoms with Crippen molar-refractivity contribution in [1.29, 1.82) is 0 Å². The third-order valence-corrected chi connectivity index (χ3v) is 16.9. The predicted molar refractivity (Wildman–Crippen MR) is 460 cm³/mol. The second-order valence-electron chi connectivity index (χ2n) is 23.3. The molecule has 1 saturated heterocycles. The summed E-state index contributed by atoms with van der Waals surface area (Å²) in [6.07, 6.45) is 3.89. The molecular weight excluding hydrogens is 1550 g/mol. The number of nitrogens with zero attached hydrogens (tertiary/aromatic N) is 4. The number of aliphatic hydroxyl groups excluding tert-OH is 12. The molecule has 0 bridgehead atoms. The van der Waals surface area contributed by atoms with Gasteiger partial charge in [0.15, 0.2) is 12.1 Å². The first-order valence-corrected chi connectivity index (χ1v) is 38.1. The van der Waals surface area contributed by atoms with E-state index in [2.05, 4.69) is 124 Å². The van der Waals surface area contributed by atoms with Crippen molar-refractivity contribution in [3.8, 4) is 131 Å². The van der Waals surface area contributed by atoms with Gasteiger partial charge in [-0.05, 0) is 112 Å². The third-order valence-electron chi connectivity index (χ3n) is 13.7. The molecule has 652 valence electrons. The quantitative estimate of drug-likeness (QED) is 0.0118. The average molecular weight is 1700 g/mol. The first kappa shape index (κ1) is 114. The van der Waals surface area contributed by atoms with Crippen LogP contribution in [0.1, 0.15) is 54.1 Å². The van der Waals surface area contributed by atoms with Crippen LogP contribution in [0, 0.1) is 152 Å². The summed E-state index contributed by atoms with van der Waals surface area (Å²) in [6.45, 7) is 12.2. The van der Waals surface area contributed by atoms with Crippen molar-refractivity contribution in [1.82, 2.24) is 4.90 Å². The SMILES string of the molecule is C.C#CC#CC#CC#CC#CC#CC#CC#CC#CC#CC#C[N+](CCO)(CCO)CC(O)C[N+](C)(CCO)CCO.CN(CCO)CCO.C[N+](CCO)(CCO)CC(O)CCl.C[NH+](CCO)CCO.Cc1ccc(S(=O)(=O)[O-])cc1.Cc1ccc(S(=O)(=O)[O-])cc1.Cc1ccc(S(=O)(=O)[O-])cc1.ClCC1CO1.[Cl-].[HH].[HH].[HH].[HH].[HH].[HH].[HH].[HH].[HH].[HH].[HH].[HH].[HH].[HH].[HH].[HH].[HH].[HH].[HH].[HH].[HH]. The standard InChI is InChI=1S/C34H30N2O5.C8H19ClNO3.3C7H8O3S.2C5H13NO2.C3H5ClO.CH4.ClH.21H2/c1-3-4-5-6-7-8-9-10-11-12-13-14-15-16-17-18-19-20-21-22-23-36(26-30-39,27-31-40)33-34(41)32-35(2,24-28-37)25-29-38;1-10(2-4-11,3-5-12)7-8(13)6-9;3*1-6-2-4-7(5-3-6)11(8,9)10;2*1-6(2-4-7)3-5-8;4-1-3-2-5-3;;;;;;;;;;;;;;;;;;;;;;;/h1,34,37-41H,24-33H2,2H3;8,11-13H,2-7H2,1H3;3*2-5H,1H3,(H,8,9,10);2*7-8H,2-5H2,1H3;3H,1-2H2;1H4;22*1H/q+2;+1;;;;;;;;;;;;;;;;;;;;;;;;;;;;;/p-3. The maximum atomic E-state index is 10.7. The van der Waals surface area contributed by atoms with E-state index in [1.165, 1.54) is 36.4 Å². The zero-order valence-corrected chi connectivity index (χ0v) is 66.9. The lowest BCUT2D eigenvalue weighted by Crippen LogP contribution is -3.10. The van der Waals surface area contributed by atoms with E-state index in [1.807, 2.05) is 53.9 Å². The molecule has 0 radical (unpaired) electrons. The van der Waals surface area contributed by atoms with Crippen LogP contribution in [-0.4, -0.2) is 335 Å². The van der Waals surface area contributed by atoms with E-state index in [4.69, 9.17) is 65.0 Å². The lowest BCUT2D eigenvalue weighted by Gasteiger charge is -2.38. The van der Waals surface area contributed by atoms with Crippen LogP contribution in [0.3, 0.4) is 0 Å². The van der Waals surface area contributed by atoms with E-state index >= 15 is 0 Å². The van der Waals surface area contributed by atoms with Crippen molar-refractivity contribution >= 4 is 53.6 Å². The predicted octanol–water partition coefficient (Wildman–Crippen LogP) is -1.26. The lowest BCUT2D eigenvalue weighted by atomic mass is 10.2. The number of epoxide rings is 1. The van der Waals surface area contributed by atoms with Crippen molar-refractivity contribution in [2.75, 3.05) is 198 Å². The number of ether oxygens (including phenoxy) is 1. The Morgan fingerprint density at radius 1 is 0.482 bits per heavy atom. The summed E-state index contributed by atoms with van der Waals surface area (Å²) in [7, 11) is -5.32. The molecule has 3 aromatic rings. The number of hydrogen-bond acceptors (Lipinski definition) is 23. The first-order valence-electron chi connectivity index (χ1n) is 32.8. The largest absolute Gasteiger partial charge is 1.00 e. The van der Waals surface area contributed by atoms with E-state index in [0.717, 1.165) is 41.3 Å². The molecule has 0 spiro atoms. The molecule has 1 aliphatic rings. The number of nitrogens with one attached hydrogen (secondary N) is 1. The Labute approximate surface area is 700 Å². The molecule has 1 fully saturated rings. The Morgan fingerprint density at radius 3 is 0.955 bits per heavy atom. The number of aliphatic hydroxyl groups is 12. The molecule has 33 heteroatoms. The van der Waals surface area contributed by atoms with E-state index in [1.54, 1.807) is 36.4 Å². The van der Waals surface area contributed by atoms with Gasteiger partial charge in [-0.2, -0.15) is 0 Å². The number of rotatable bonds is 31. The molecule has 1 aliphatic heterocycles. The van der Waals surface area contributed by atoms with Crippen LogP contribution in [0.4, 0.5) is 0 Å². The molecule has 0 saturated carbocycles.